The van der Waals surface area contributed by atoms with E-state index in [9.17, 15) is 9.18 Å². The first-order valence-corrected chi connectivity index (χ1v) is 9.38. The molecule has 0 fully saturated rings. The van der Waals surface area contributed by atoms with Gasteiger partial charge in [0.1, 0.15) is 5.82 Å². The number of hydrogen-bond acceptors (Lipinski definition) is 5. The number of amides is 1. The van der Waals surface area contributed by atoms with Gasteiger partial charge in [-0.15, -0.1) is 0 Å². The molecule has 28 heavy (non-hydrogen) atoms. The van der Waals surface area contributed by atoms with E-state index in [2.05, 4.69) is 10.3 Å². The van der Waals surface area contributed by atoms with Crippen LogP contribution in [0.25, 0.3) is 5.69 Å². The Morgan fingerprint density at radius 2 is 1.96 bits per heavy atom. The van der Waals surface area contributed by atoms with Gasteiger partial charge in [-0.3, -0.25) is 9.36 Å². The summed E-state index contributed by atoms with van der Waals surface area (Å²) >= 11 is 1.28. The summed E-state index contributed by atoms with van der Waals surface area (Å²) in [6.07, 6.45) is 3.35. The van der Waals surface area contributed by atoms with Crippen LogP contribution in [-0.4, -0.2) is 34.9 Å². The summed E-state index contributed by atoms with van der Waals surface area (Å²) in [7, 11) is 3.09. The normalized spacial score (nSPS) is 11.7. The molecule has 1 aromatic heterocycles. The quantitative estimate of drug-likeness (QED) is 0.603. The van der Waals surface area contributed by atoms with Crippen molar-refractivity contribution >= 4 is 23.4 Å². The van der Waals surface area contributed by atoms with Gasteiger partial charge in [-0.2, -0.15) is 0 Å². The maximum absolute atomic E-state index is 13.5. The van der Waals surface area contributed by atoms with E-state index in [4.69, 9.17) is 9.47 Å². The Kier molecular flexibility index (Phi) is 6.20. The predicted molar refractivity (Wildman–Crippen MR) is 107 cm³/mol. The lowest BCUT2D eigenvalue weighted by molar-refractivity contribution is -0.115. The zero-order valence-electron chi connectivity index (χ0n) is 15.7. The van der Waals surface area contributed by atoms with Crippen LogP contribution < -0.4 is 14.8 Å². The molecule has 0 aliphatic rings. The average molecular weight is 401 g/mol. The van der Waals surface area contributed by atoms with Crippen LogP contribution in [0.15, 0.2) is 60.0 Å². The number of anilines is 1. The monoisotopic (exact) mass is 401 g/mol. The molecule has 146 valence electrons. The van der Waals surface area contributed by atoms with E-state index in [1.54, 1.807) is 61.3 Å². The minimum absolute atomic E-state index is 0.189. The third-order valence-corrected chi connectivity index (χ3v) is 5.08. The molecule has 8 heteroatoms. The van der Waals surface area contributed by atoms with Crippen molar-refractivity contribution in [3.8, 4) is 17.2 Å². The molecule has 0 spiro atoms. The highest BCUT2D eigenvalue weighted by Crippen LogP contribution is 2.31. The first kappa shape index (κ1) is 19.8. The fraction of sp³-hybridized carbons (Fsp3) is 0.200. The number of thioether (sulfide) groups is 1. The zero-order valence-corrected chi connectivity index (χ0v) is 16.5. The SMILES string of the molecule is COc1ccc(NC(=O)[C@@H](C)Sc2nccn2-c2cccc(F)c2)cc1OC. The first-order valence-electron chi connectivity index (χ1n) is 8.50. The topological polar surface area (TPSA) is 65.4 Å². The van der Waals surface area contributed by atoms with E-state index in [-0.39, 0.29) is 11.7 Å². The van der Waals surface area contributed by atoms with E-state index < -0.39 is 5.25 Å². The second kappa shape index (κ2) is 8.79. The smallest absolute Gasteiger partial charge is 0.237 e. The van der Waals surface area contributed by atoms with Crippen LogP contribution in [0.2, 0.25) is 0 Å². The van der Waals surface area contributed by atoms with Gasteiger partial charge in [0.25, 0.3) is 0 Å². The highest BCUT2D eigenvalue weighted by Gasteiger charge is 2.19. The number of imidazole rings is 1. The van der Waals surface area contributed by atoms with Crippen molar-refractivity contribution in [3.63, 3.8) is 0 Å². The van der Waals surface area contributed by atoms with E-state index in [0.29, 0.717) is 28.0 Å². The number of aromatic nitrogens is 2. The molecular weight excluding hydrogens is 381 g/mol. The molecule has 1 atom stereocenters. The Morgan fingerprint density at radius 1 is 1.18 bits per heavy atom. The number of ether oxygens (including phenoxy) is 2. The van der Waals surface area contributed by atoms with E-state index >= 15 is 0 Å². The van der Waals surface area contributed by atoms with Crippen LogP contribution in [0.5, 0.6) is 11.5 Å². The van der Waals surface area contributed by atoms with Gasteiger partial charge in [0.05, 0.1) is 25.2 Å². The van der Waals surface area contributed by atoms with Crippen molar-refractivity contribution in [1.82, 2.24) is 9.55 Å². The molecular formula is C20H20FN3O3S. The number of rotatable bonds is 7. The van der Waals surface area contributed by atoms with Gasteiger partial charge in [0, 0.05) is 24.1 Å². The van der Waals surface area contributed by atoms with Gasteiger partial charge >= 0.3 is 0 Å². The number of carbonyl (C=O) groups excluding carboxylic acids is 1. The number of benzene rings is 2. The van der Waals surface area contributed by atoms with Crippen molar-refractivity contribution in [2.45, 2.75) is 17.3 Å². The van der Waals surface area contributed by atoms with Crippen molar-refractivity contribution in [3.05, 3.63) is 60.7 Å². The Bertz CT molecular complexity index is 977. The molecule has 0 unspecified atom stereocenters. The van der Waals surface area contributed by atoms with Gasteiger partial charge in [0.15, 0.2) is 16.7 Å². The minimum Gasteiger partial charge on any atom is -0.493 e. The number of nitrogens with zero attached hydrogens (tertiary/aromatic N) is 2. The second-order valence-electron chi connectivity index (χ2n) is 5.88. The van der Waals surface area contributed by atoms with Crippen molar-refractivity contribution < 1.29 is 18.7 Å². The summed E-state index contributed by atoms with van der Waals surface area (Å²) in [6.45, 7) is 1.78. The summed E-state index contributed by atoms with van der Waals surface area (Å²) in [4.78, 5) is 16.9. The standard InChI is InChI=1S/C20H20FN3O3S/c1-13(19(25)23-15-7-8-17(26-2)18(12-15)27-3)28-20-22-9-10-24(20)16-6-4-5-14(21)11-16/h4-13H,1-3H3,(H,23,25)/t13-/m1/s1. The number of carbonyl (C=O) groups is 1. The molecule has 0 saturated heterocycles. The molecule has 0 radical (unpaired) electrons. The van der Waals surface area contributed by atoms with E-state index in [0.717, 1.165) is 0 Å². The number of methoxy groups -OCH3 is 2. The maximum atomic E-state index is 13.5. The van der Waals surface area contributed by atoms with Gasteiger partial charge in [0.2, 0.25) is 5.91 Å². The lowest BCUT2D eigenvalue weighted by Gasteiger charge is -2.14. The first-order chi connectivity index (χ1) is 13.5. The summed E-state index contributed by atoms with van der Waals surface area (Å²) in [5.74, 6) is 0.592. The molecule has 0 aliphatic carbocycles. The fourth-order valence-electron chi connectivity index (χ4n) is 2.57. The molecule has 6 nitrogen and oxygen atoms in total. The molecule has 0 aliphatic heterocycles. The van der Waals surface area contributed by atoms with Gasteiger partial charge < -0.3 is 14.8 Å². The maximum Gasteiger partial charge on any atom is 0.237 e. The van der Waals surface area contributed by atoms with Crippen molar-refractivity contribution in [2.24, 2.45) is 0 Å². The van der Waals surface area contributed by atoms with Crippen LogP contribution in [-0.2, 0) is 4.79 Å². The molecule has 0 saturated carbocycles. The second-order valence-corrected chi connectivity index (χ2v) is 7.19. The Morgan fingerprint density at radius 3 is 2.68 bits per heavy atom. The molecule has 1 heterocycles. The summed E-state index contributed by atoms with van der Waals surface area (Å²) in [5, 5.41) is 3.03. The number of nitrogens with one attached hydrogen (secondary N) is 1. The van der Waals surface area contributed by atoms with Gasteiger partial charge in [-0.25, -0.2) is 9.37 Å². The molecule has 0 bridgehead atoms. The largest absolute Gasteiger partial charge is 0.493 e. The summed E-state index contributed by atoms with van der Waals surface area (Å²) < 4.78 is 25.7. The molecule has 1 N–H and O–H groups in total. The third-order valence-electron chi connectivity index (χ3n) is 4.00. The molecule has 3 aromatic rings. The average Bonchev–Trinajstić information content (AvgIpc) is 3.15. The van der Waals surface area contributed by atoms with E-state index in [1.807, 2.05) is 0 Å². The van der Waals surface area contributed by atoms with Crippen LogP contribution in [0, 0.1) is 5.82 Å². The summed E-state index contributed by atoms with van der Waals surface area (Å²) in [6, 6.07) is 11.4. The van der Waals surface area contributed by atoms with E-state index in [1.165, 1.54) is 31.0 Å². The van der Waals surface area contributed by atoms with Gasteiger partial charge in [-0.1, -0.05) is 17.8 Å². The summed E-state index contributed by atoms with van der Waals surface area (Å²) in [5.41, 5.74) is 1.25. The minimum atomic E-state index is -0.428. The highest BCUT2D eigenvalue weighted by molar-refractivity contribution is 8.00. The van der Waals surface area contributed by atoms with Crippen LogP contribution in [0.4, 0.5) is 10.1 Å². The molecule has 1 amide bonds. The van der Waals surface area contributed by atoms with Crippen molar-refractivity contribution in [2.75, 3.05) is 19.5 Å². The van der Waals surface area contributed by atoms with Crippen LogP contribution in [0.3, 0.4) is 0 Å². The Hall–Kier alpha value is -3.00. The predicted octanol–water partition coefficient (Wildman–Crippen LogP) is 4.15. The lowest BCUT2D eigenvalue weighted by atomic mass is 10.2. The fourth-order valence-corrected chi connectivity index (χ4v) is 3.45. The lowest BCUT2D eigenvalue weighted by Crippen LogP contribution is -2.22. The number of halogens is 1. The highest BCUT2D eigenvalue weighted by atomic mass is 32.2. The Balaban J connectivity index is 1.71. The molecule has 3 rings (SSSR count). The Labute approximate surface area is 166 Å². The third kappa shape index (κ3) is 4.45. The molecule has 2 aromatic carbocycles. The number of hydrogen-bond donors (Lipinski definition) is 1. The van der Waals surface area contributed by atoms with Crippen LogP contribution >= 0.6 is 11.8 Å². The van der Waals surface area contributed by atoms with Crippen LogP contribution in [0.1, 0.15) is 6.92 Å². The van der Waals surface area contributed by atoms with Gasteiger partial charge in [-0.05, 0) is 37.3 Å². The zero-order chi connectivity index (χ0) is 20.1. The van der Waals surface area contributed by atoms with Crippen molar-refractivity contribution in [1.29, 1.82) is 0 Å².